The number of hydrogen-bond acceptors (Lipinski definition) is 4. The van der Waals surface area contributed by atoms with Gasteiger partial charge >= 0.3 is 11.8 Å². The van der Waals surface area contributed by atoms with Crippen molar-refractivity contribution in [2.45, 2.75) is 0 Å². The summed E-state index contributed by atoms with van der Waals surface area (Å²) in [4.78, 5) is 23.2. The summed E-state index contributed by atoms with van der Waals surface area (Å²) < 4.78 is 0. The highest BCUT2D eigenvalue weighted by Gasteiger charge is 2.04. The Bertz CT molecular complexity index is 383. The molecule has 6 heteroatoms. The van der Waals surface area contributed by atoms with Crippen LogP contribution < -0.4 is 0 Å². The van der Waals surface area contributed by atoms with E-state index in [1.165, 1.54) is 24.4 Å². The number of pyridine rings is 1. The van der Waals surface area contributed by atoms with Crippen LogP contribution in [0.1, 0.15) is 5.56 Å². The van der Waals surface area contributed by atoms with E-state index < -0.39 is 10.9 Å². The van der Waals surface area contributed by atoms with Crippen LogP contribution in [0, 0.1) is 10.1 Å². The minimum absolute atomic E-state index is 0.266. The Kier molecular flexibility index (Phi) is 2.90. The molecule has 1 rings (SSSR count). The summed E-state index contributed by atoms with van der Waals surface area (Å²) in [5.74, 6) is -1.35. The smallest absolute Gasteiger partial charge is 0.363 e. The first kappa shape index (κ1) is 9.85. The van der Waals surface area contributed by atoms with E-state index in [-0.39, 0.29) is 5.82 Å². The third-order valence-electron chi connectivity index (χ3n) is 1.38. The Morgan fingerprint density at radius 1 is 1.57 bits per heavy atom. The lowest BCUT2D eigenvalue weighted by atomic mass is 10.2. The molecule has 0 amide bonds. The van der Waals surface area contributed by atoms with Gasteiger partial charge in [0.15, 0.2) is 0 Å². The average Bonchev–Trinajstić information content (AvgIpc) is 2.15. The van der Waals surface area contributed by atoms with E-state index in [0.29, 0.717) is 5.56 Å². The third kappa shape index (κ3) is 2.67. The summed E-state index contributed by atoms with van der Waals surface area (Å²) in [7, 11) is 0. The molecule has 0 saturated heterocycles. The summed E-state index contributed by atoms with van der Waals surface area (Å²) in [6, 6.07) is 2.63. The molecule has 0 atom stereocenters. The van der Waals surface area contributed by atoms with Gasteiger partial charge in [0, 0.05) is 17.7 Å². The van der Waals surface area contributed by atoms with Gasteiger partial charge in [0.25, 0.3) is 0 Å². The molecule has 0 spiro atoms. The maximum absolute atomic E-state index is 10.2. The largest absolute Gasteiger partial charge is 0.478 e. The normalized spacial score (nSPS) is 10.3. The lowest BCUT2D eigenvalue weighted by molar-refractivity contribution is -0.389. The number of carbonyl (C=O) groups is 1. The highest BCUT2D eigenvalue weighted by Crippen LogP contribution is 2.08. The highest BCUT2D eigenvalue weighted by atomic mass is 16.6. The highest BCUT2D eigenvalue weighted by molar-refractivity contribution is 5.85. The maximum Gasteiger partial charge on any atom is 0.363 e. The molecule has 0 aliphatic carbocycles. The number of rotatable bonds is 3. The van der Waals surface area contributed by atoms with Crippen molar-refractivity contribution >= 4 is 17.9 Å². The van der Waals surface area contributed by atoms with E-state index in [4.69, 9.17) is 5.11 Å². The van der Waals surface area contributed by atoms with Gasteiger partial charge in [0.1, 0.15) is 6.20 Å². The maximum atomic E-state index is 10.2. The fourth-order valence-corrected chi connectivity index (χ4v) is 0.772. The molecule has 0 bridgehead atoms. The van der Waals surface area contributed by atoms with Gasteiger partial charge in [0.2, 0.25) is 0 Å². The molecule has 0 aliphatic rings. The molecule has 14 heavy (non-hydrogen) atoms. The van der Waals surface area contributed by atoms with Crippen molar-refractivity contribution in [2.75, 3.05) is 0 Å². The van der Waals surface area contributed by atoms with Gasteiger partial charge in [-0.15, -0.1) is 0 Å². The van der Waals surface area contributed by atoms with Gasteiger partial charge in [-0.2, -0.15) is 0 Å². The fourth-order valence-electron chi connectivity index (χ4n) is 0.772. The molecule has 0 unspecified atom stereocenters. The zero-order chi connectivity index (χ0) is 10.6. The van der Waals surface area contributed by atoms with Crippen LogP contribution in [0.25, 0.3) is 6.08 Å². The number of aliphatic carboxylic acids is 1. The third-order valence-corrected chi connectivity index (χ3v) is 1.38. The van der Waals surface area contributed by atoms with Crippen molar-refractivity contribution in [3.63, 3.8) is 0 Å². The van der Waals surface area contributed by atoms with Crippen molar-refractivity contribution in [3.8, 4) is 0 Å². The molecular weight excluding hydrogens is 188 g/mol. The molecule has 0 aromatic carbocycles. The average molecular weight is 194 g/mol. The van der Waals surface area contributed by atoms with Gasteiger partial charge in [-0.25, -0.2) is 4.79 Å². The first-order valence-corrected chi connectivity index (χ1v) is 3.61. The van der Waals surface area contributed by atoms with Crippen molar-refractivity contribution in [2.24, 2.45) is 0 Å². The van der Waals surface area contributed by atoms with Crippen LogP contribution in [-0.2, 0) is 4.79 Å². The minimum atomic E-state index is -1.08. The summed E-state index contributed by atoms with van der Waals surface area (Å²) >= 11 is 0. The Morgan fingerprint density at radius 3 is 2.71 bits per heavy atom. The summed E-state index contributed by atoms with van der Waals surface area (Å²) in [5.41, 5.74) is 0.498. The van der Waals surface area contributed by atoms with E-state index >= 15 is 0 Å². The van der Waals surface area contributed by atoms with Gasteiger partial charge in [0.05, 0.1) is 0 Å². The zero-order valence-corrected chi connectivity index (χ0v) is 6.95. The van der Waals surface area contributed by atoms with E-state index in [0.717, 1.165) is 6.08 Å². The van der Waals surface area contributed by atoms with E-state index in [2.05, 4.69) is 4.98 Å². The molecular formula is C8H6N2O4. The second-order valence-electron chi connectivity index (χ2n) is 2.38. The number of aromatic nitrogens is 1. The molecule has 1 aromatic rings. The van der Waals surface area contributed by atoms with Crippen molar-refractivity contribution in [1.82, 2.24) is 4.98 Å². The van der Waals surface area contributed by atoms with Crippen LogP contribution in [0.5, 0.6) is 0 Å². The van der Waals surface area contributed by atoms with Crippen LogP contribution in [0.15, 0.2) is 24.4 Å². The molecule has 1 heterocycles. The van der Waals surface area contributed by atoms with E-state index in [9.17, 15) is 14.9 Å². The van der Waals surface area contributed by atoms with Crippen LogP contribution >= 0.6 is 0 Å². The lowest BCUT2D eigenvalue weighted by Gasteiger charge is -1.91. The molecule has 1 N–H and O–H groups in total. The quantitative estimate of drug-likeness (QED) is 0.441. The standard InChI is InChI=1S/C8H6N2O4/c11-8(12)4-2-6-1-3-7(9-5-6)10(13)14/h1-5H,(H,11,12). The first-order valence-electron chi connectivity index (χ1n) is 3.61. The minimum Gasteiger partial charge on any atom is -0.478 e. The summed E-state index contributed by atoms with van der Waals surface area (Å²) in [5, 5.41) is 18.5. The van der Waals surface area contributed by atoms with Crippen LogP contribution in [0.3, 0.4) is 0 Å². The molecule has 0 radical (unpaired) electrons. The molecule has 6 nitrogen and oxygen atoms in total. The van der Waals surface area contributed by atoms with Crippen molar-refractivity contribution in [1.29, 1.82) is 0 Å². The number of nitrogens with zero attached hydrogens (tertiary/aromatic N) is 2. The molecule has 72 valence electrons. The van der Waals surface area contributed by atoms with Gasteiger partial charge < -0.3 is 15.2 Å². The second kappa shape index (κ2) is 4.13. The number of hydrogen-bond donors (Lipinski definition) is 1. The summed E-state index contributed by atoms with van der Waals surface area (Å²) in [6.45, 7) is 0. The van der Waals surface area contributed by atoms with Crippen LogP contribution in [-0.4, -0.2) is 21.0 Å². The van der Waals surface area contributed by atoms with Gasteiger partial charge in [-0.3, -0.25) is 0 Å². The predicted octanol–water partition coefficient (Wildman–Crippen LogP) is 1.09. The zero-order valence-electron chi connectivity index (χ0n) is 6.95. The molecule has 0 saturated carbocycles. The van der Waals surface area contributed by atoms with E-state index in [1.54, 1.807) is 0 Å². The fraction of sp³-hybridized carbons (Fsp3) is 0. The summed E-state index contributed by atoms with van der Waals surface area (Å²) in [6.07, 6.45) is 3.47. The molecule has 0 fully saturated rings. The number of carboxylic acid groups (broad SMARTS) is 1. The first-order chi connectivity index (χ1) is 6.59. The van der Waals surface area contributed by atoms with Crippen molar-refractivity contribution < 1.29 is 14.8 Å². The monoisotopic (exact) mass is 194 g/mol. The number of nitro groups is 1. The van der Waals surface area contributed by atoms with Crippen LogP contribution in [0.2, 0.25) is 0 Å². The Balaban J connectivity index is 2.83. The van der Waals surface area contributed by atoms with Crippen molar-refractivity contribution in [3.05, 3.63) is 40.1 Å². The van der Waals surface area contributed by atoms with Gasteiger partial charge in [-0.1, -0.05) is 0 Å². The SMILES string of the molecule is O=C(O)C=Cc1ccc([N+](=O)[O-])nc1. The van der Waals surface area contributed by atoms with Crippen LogP contribution in [0.4, 0.5) is 5.82 Å². The second-order valence-corrected chi connectivity index (χ2v) is 2.38. The lowest BCUT2D eigenvalue weighted by Crippen LogP contribution is -1.91. The van der Waals surface area contributed by atoms with Gasteiger partial charge in [-0.05, 0) is 22.0 Å². The van der Waals surface area contributed by atoms with E-state index in [1.807, 2.05) is 0 Å². The topological polar surface area (TPSA) is 93.3 Å². The molecule has 0 aliphatic heterocycles. The predicted molar refractivity (Wildman–Crippen MR) is 47.6 cm³/mol. The molecule has 1 aromatic heterocycles. The Labute approximate surface area is 78.7 Å². The Hall–Kier alpha value is -2.24. The Morgan fingerprint density at radius 2 is 2.29 bits per heavy atom. The number of carboxylic acids is 1.